The number of H-pyrrole nitrogens is 1. The number of benzene rings is 1. The van der Waals surface area contributed by atoms with Crippen molar-refractivity contribution in [2.45, 2.75) is 42.6 Å². The summed E-state index contributed by atoms with van der Waals surface area (Å²) in [6.07, 6.45) is -3.99. The summed E-state index contributed by atoms with van der Waals surface area (Å²) in [7, 11) is 0. The van der Waals surface area contributed by atoms with E-state index in [1.165, 1.54) is 0 Å². The lowest BCUT2D eigenvalue weighted by Gasteiger charge is -2.30. The fourth-order valence-electron chi connectivity index (χ4n) is 2.96. The lowest BCUT2D eigenvalue weighted by Crippen LogP contribution is -2.35. The van der Waals surface area contributed by atoms with E-state index in [2.05, 4.69) is 5.32 Å². The van der Waals surface area contributed by atoms with Crippen molar-refractivity contribution < 1.29 is 18.0 Å². The molecule has 2 aromatic rings. The predicted octanol–water partition coefficient (Wildman–Crippen LogP) is 4.06. The summed E-state index contributed by atoms with van der Waals surface area (Å²) in [4.78, 5) is 27.2. The Hall–Kier alpha value is -2.22. The van der Waals surface area contributed by atoms with E-state index in [1.807, 2.05) is 32.0 Å². The minimum Gasteiger partial charge on any atom is -0.345 e. The van der Waals surface area contributed by atoms with Crippen LogP contribution < -0.4 is 10.9 Å². The van der Waals surface area contributed by atoms with Gasteiger partial charge in [-0.15, -0.1) is 11.8 Å². The zero-order valence-corrected chi connectivity index (χ0v) is 14.9. The monoisotopic (exact) mass is 382 g/mol. The van der Waals surface area contributed by atoms with Gasteiger partial charge in [0.1, 0.15) is 11.3 Å². The van der Waals surface area contributed by atoms with E-state index in [0.29, 0.717) is 12.5 Å². The minimum atomic E-state index is -4.67. The number of amides is 1. The number of hydrogen-bond donors (Lipinski definition) is 2. The molecule has 0 saturated carbocycles. The number of thioether (sulfide) groups is 1. The number of carbonyl (C=O) groups is 1. The number of hydrogen-bond acceptors (Lipinski definition) is 3. The lowest BCUT2D eigenvalue weighted by molar-refractivity contribution is -0.141. The maximum atomic E-state index is 12.6. The number of pyridine rings is 1. The van der Waals surface area contributed by atoms with Gasteiger partial charge in [0.25, 0.3) is 11.5 Å². The van der Waals surface area contributed by atoms with Crippen LogP contribution in [0.25, 0.3) is 0 Å². The quantitative estimate of drug-likeness (QED) is 0.824. The SMILES string of the molecule is Cc1ccc2c(c1)C(NC(=O)c1ccc(C(F)(F)F)[nH]c1=O)CC(C)S2. The highest BCUT2D eigenvalue weighted by Gasteiger charge is 2.33. The van der Waals surface area contributed by atoms with E-state index in [-0.39, 0.29) is 16.9 Å². The fourth-order valence-corrected chi connectivity index (χ4v) is 4.17. The topological polar surface area (TPSA) is 62.0 Å². The van der Waals surface area contributed by atoms with Crippen molar-refractivity contribution in [3.05, 3.63) is 63.1 Å². The molecule has 1 amide bonds. The van der Waals surface area contributed by atoms with Gasteiger partial charge in [-0.2, -0.15) is 13.2 Å². The Morgan fingerprint density at radius 2 is 2.00 bits per heavy atom. The highest BCUT2D eigenvalue weighted by atomic mass is 32.2. The summed E-state index contributed by atoms with van der Waals surface area (Å²) in [6, 6.07) is 7.28. The Kier molecular flexibility index (Phi) is 4.88. The molecule has 8 heteroatoms. The number of carbonyl (C=O) groups excluding carboxylic acids is 1. The second-order valence-electron chi connectivity index (χ2n) is 6.34. The molecule has 1 aromatic heterocycles. The molecule has 2 N–H and O–H groups in total. The predicted molar refractivity (Wildman–Crippen MR) is 93.4 cm³/mol. The summed E-state index contributed by atoms with van der Waals surface area (Å²) in [5.41, 5.74) is -0.559. The van der Waals surface area contributed by atoms with Gasteiger partial charge in [0.05, 0.1) is 6.04 Å². The van der Waals surface area contributed by atoms with Gasteiger partial charge in [-0.1, -0.05) is 24.6 Å². The third-order valence-corrected chi connectivity index (χ3v) is 5.42. The van der Waals surface area contributed by atoms with Crippen LogP contribution in [0.2, 0.25) is 0 Å². The largest absolute Gasteiger partial charge is 0.431 e. The summed E-state index contributed by atoms with van der Waals surface area (Å²) < 4.78 is 37.9. The first-order valence-electron chi connectivity index (χ1n) is 8.03. The Labute approximate surface area is 152 Å². The molecule has 26 heavy (non-hydrogen) atoms. The Bertz CT molecular complexity index is 908. The van der Waals surface area contributed by atoms with Crippen LogP contribution in [0.15, 0.2) is 40.0 Å². The molecule has 0 spiro atoms. The van der Waals surface area contributed by atoms with Crippen molar-refractivity contribution in [3.8, 4) is 0 Å². The molecule has 2 atom stereocenters. The number of nitrogens with one attached hydrogen (secondary N) is 2. The first-order chi connectivity index (χ1) is 12.1. The van der Waals surface area contributed by atoms with Crippen LogP contribution >= 0.6 is 11.8 Å². The van der Waals surface area contributed by atoms with Gasteiger partial charge in [-0.05, 0) is 37.1 Å². The number of aromatic nitrogens is 1. The molecule has 2 unspecified atom stereocenters. The van der Waals surface area contributed by atoms with Crippen molar-refractivity contribution in [1.29, 1.82) is 0 Å². The molecular weight excluding hydrogens is 365 g/mol. The van der Waals surface area contributed by atoms with Crippen molar-refractivity contribution in [2.24, 2.45) is 0 Å². The van der Waals surface area contributed by atoms with Crippen molar-refractivity contribution in [3.63, 3.8) is 0 Å². The van der Waals surface area contributed by atoms with Crippen LogP contribution in [-0.4, -0.2) is 16.1 Å². The first-order valence-corrected chi connectivity index (χ1v) is 8.91. The molecule has 138 valence electrons. The number of fused-ring (bicyclic) bond motifs is 1. The normalized spacial score (nSPS) is 19.7. The van der Waals surface area contributed by atoms with Gasteiger partial charge in [-0.3, -0.25) is 9.59 Å². The van der Waals surface area contributed by atoms with E-state index in [0.717, 1.165) is 22.1 Å². The summed E-state index contributed by atoms with van der Waals surface area (Å²) >= 11 is 1.71. The van der Waals surface area contributed by atoms with Crippen LogP contribution in [0.5, 0.6) is 0 Å². The summed E-state index contributed by atoms with van der Waals surface area (Å²) in [5, 5.41) is 3.06. The Morgan fingerprint density at radius 1 is 1.27 bits per heavy atom. The summed E-state index contributed by atoms with van der Waals surface area (Å²) in [6.45, 7) is 3.99. The molecule has 0 radical (unpaired) electrons. The first kappa shape index (κ1) is 18.6. The molecule has 1 aliphatic rings. The molecule has 0 fully saturated rings. The highest BCUT2D eigenvalue weighted by molar-refractivity contribution is 8.00. The van der Waals surface area contributed by atoms with Gasteiger partial charge in [-0.25, -0.2) is 0 Å². The van der Waals surface area contributed by atoms with Crippen molar-refractivity contribution in [2.75, 3.05) is 0 Å². The van der Waals surface area contributed by atoms with Gasteiger partial charge in [0.15, 0.2) is 0 Å². The highest BCUT2D eigenvalue weighted by Crippen LogP contribution is 2.41. The molecule has 2 heterocycles. The number of alkyl halides is 3. The fraction of sp³-hybridized carbons (Fsp3) is 0.333. The van der Waals surface area contributed by atoms with Crippen LogP contribution in [0, 0.1) is 6.92 Å². The third kappa shape index (κ3) is 3.80. The molecule has 3 rings (SSSR count). The van der Waals surface area contributed by atoms with Crippen molar-refractivity contribution in [1.82, 2.24) is 10.3 Å². The van der Waals surface area contributed by atoms with E-state index >= 15 is 0 Å². The standard InChI is InChI=1S/C18H17F3N2O2S/c1-9-3-5-14-12(7-9)13(8-10(2)26-14)22-16(24)11-4-6-15(18(19,20)21)23-17(11)25/h3-7,10,13H,8H2,1-2H3,(H,22,24)(H,23,25). The number of rotatable bonds is 2. The molecule has 1 aromatic carbocycles. The number of halogens is 3. The average molecular weight is 382 g/mol. The van der Waals surface area contributed by atoms with Gasteiger partial charge < -0.3 is 10.3 Å². The third-order valence-electron chi connectivity index (χ3n) is 4.20. The Balaban J connectivity index is 1.87. The average Bonchev–Trinajstić information content (AvgIpc) is 2.54. The van der Waals surface area contributed by atoms with E-state index < -0.39 is 23.3 Å². The van der Waals surface area contributed by atoms with Gasteiger partial charge >= 0.3 is 6.18 Å². The zero-order chi connectivity index (χ0) is 19.1. The van der Waals surface area contributed by atoms with Crippen LogP contribution in [0.4, 0.5) is 13.2 Å². The number of aryl methyl sites for hydroxylation is 1. The molecular formula is C18H17F3N2O2S. The molecule has 0 aliphatic carbocycles. The molecule has 4 nitrogen and oxygen atoms in total. The van der Waals surface area contributed by atoms with E-state index in [9.17, 15) is 22.8 Å². The smallest absolute Gasteiger partial charge is 0.345 e. The van der Waals surface area contributed by atoms with Gasteiger partial charge in [0, 0.05) is 10.1 Å². The second kappa shape index (κ2) is 6.83. The van der Waals surface area contributed by atoms with E-state index in [1.54, 1.807) is 16.7 Å². The zero-order valence-electron chi connectivity index (χ0n) is 14.1. The van der Waals surface area contributed by atoms with Gasteiger partial charge in [0.2, 0.25) is 0 Å². The second-order valence-corrected chi connectivity index (χ2v) is 7.82. The Morgan fingerprint density at radius 3 is 2.65 bits per heavy atom. The lowest BCUT2D eigenvalue weighted by atomic mass is 9.99. The summed E-state index contributed by atoms with van der Waals surface area (Å²) in [5.74, 6) is -0.684. The maximum Gasteiger partial charge on any atom is 0.431 e. The van der Waals surface area contributed by atoms with Crippen LogP contribution in [-0.2, 0) is 6.18 Å². The van der Waals surface area contributed by atoms with Crippen molar-refractivity contribution >= 4 is 17.7 Å². The molecule has 0 bridgehead atoms. The van der Waals surface area contributed by atoms with Crippen LogP contribution in [0.3, 0.4) is 0 Å². The molecule has 0 saturated heterocycles. The van der Waals surface area contributed by atoms with Crippen LogP contribution in [0.1, 0.15) is 46.6 Å². The maximum absolute atomic E-state index is 12.6. The number of aromatic amines is 1. The van der Waals surface area contributed by atoms with E-state index in [4.69, 9.17) is 0 Å². The molecule has 1 aliphatic heterocycles. The minimum absolute atomic E-state index is 0.265.